The Morgan fingerprint density at radius 3 is 2.26 bits per heavy atom. The number of hydrogen-bond acceptors (Lipinski definition) is 9. The first-order valence-corrected chi connectivity index (χ1v) is 16.2. The van der Waals surface area contributed by atoms with Crippen molar-refractivity contribution < 1.29 is 47.3 Å². The second-order valence-corrected chi connectivity index (χ2v) is 13.3. The van der Waals surface area contributed by atoms with Crippen molar-refractivity contribution in [3.05, 3.63) is 41.5 Å². The summed E-state index contributed by atoms with van der Waals surface area (Å²) in [6.45, 7) is 3.37. The minimum atomic E-state index is -3.05. The van der Waals surface area contributed by atoms with Crippen molar-refractivity contribution in [3.63, 3.8) is 0 Å². The van der Waals surface area contributed by atoms with Gasteiger partial charge in [0, 0.05) is 5.41 Å². The zero-order valence-electron chi connectivity index (χ0n) is 26.8. The monoisotopic (exact) mass is 662 g/mol. The molecule has 12 nitrogen and oxygen atoms in total. The Kier molecular flexibility index (Phi) is 10.9. The number of carbonyl (C=O) groups excluding carboxylic acids is 4. The number of nitrogens with one attached hydrogen (secondary N) is 3. The lowest BCUT2D eigenvalue weighted by molar-refractivity contribution is -0.143. The van der Waals surface area contributed by atoms with Gasteiger partial charge in [-0.05, 0) is 83.2 Å². The molecule has 47 heavy (non-hydrogen) atoms. The fraction of sp³-hybridized carbons (Fsp3) is 0.636. The molecule has 1 aromatic carbocycles. The minimum Gasteiger partial charge on any atom is -0.435 e. The lowest BCUT2D eigenvalue weighted by Gasteiger charge is -2.47. The number of halogens is 2. The number of epoxide rings is 1. The highest BCUT2D eigenvalue weighted by Crippen LogP contribution is 2.38. The van der Waals surface area contributed by atoms with E-state index in [1.807, 2.05) is 11.0 Å². The molecule has 3 aliphatic heterocycles. The summed E-state index contributed by atoms with van der Waals surface area (Å²) < 4.78 is 40.4. The first kappa shape index (κ1) is 34.9. The fourth-order valence-corrected chi connectivity index (χ4v) is 6.30. The number of aliphatic hydroxyl groups is 1. The van der Waals surface area contributed by atoms with Crippen LogP contribution in [0.1, 0.15) is 64.0 Å². The Hall–Kier alpha value is -3.46. The summed E-state index contributed by atoms with van der Waals surface area (Å²) in [4.78, 5) is 55.4. The number of benzene rings is 1. The molecule has 14 heteroatoms. The van der Waals surface area contributed by atoms with Crippen molar-refractivity contribution in [1.82, 2.24) is 20.9 Å². The molecule has 1 aliphatic carbocycles. The third-order valence-corrected chi connectivity index (χ3v) is 9.55. The number of nitrogens with zero attached hydrogens (tertiary/aromatic N) is 1. The van der Waals surface area contributed by atoms with Crippen LogP contribution in [0.25, 0.3) is 0 Å². The summed E-state index contributed by atoms with van der Waals surface area (Å²) >= 11 is 0. The largest absolute Gasteiger partial charge is 0.435 e. The van der Waals surface area contributed by atoms with Gasteiger partial charge in [-0.15, -0.1) is 0 Å². The van der Waals surface area contributed by atoms with Gasteiger partial charge in [-0.3, -0.25) is 24.1 Å². The predicted octanol–water partition coefficient (Wildman–Crippen LogP) is 1.77. The van der Waals surface area contributed by atoms with Gasteiger partial charge < -0.3 is 35.3 Å². The van der Waals surface area contributed by atoms with E-state index in [1.165, 1.54) is 31.2 Å². The number of Topliss-reactive ketones (excluding diaryl/α,β-unsaturated/α-hetero) is 1. The van der Waals surface area contributed by atoms with Crippen LogP contribution in [0.4, 0.5) is 8.78 Å². The number of carbonyl (C=O) groups is 4. The number of rotatable bonds is 15. The van der Waals surface area contributed by atoms with Crippen LogP contribution in [0.3, 0.4) is 0 Å². The van der Waals surface area contributed by atoms with E-state index in [1.54, 1.807) is 6.92 Å². The van der Waals surface area contributed by atoms with E-state index < -0.39 is 48.3 Å². The number of aliphatic hydroxyl groups excluding tert-OH is 1. The molecule has 258 valence electrons. The molecule has 0 aromatic heterocycles. The smallest absolute Gasteiger partial charge is 0.387 e. The SMILES string of the molecule is C[C@H](NC(=O)CN1CCC2(CC1)COC2)C(=O)N[C@H](C(=O)N[C@@H](CC1=CCCC1)C(=O)[C@@]1(C)CO1)[C@H](O)c1ccc(OC(F)F)cc1. The van der Waals surface area contributed by atoms with Gasteiger partial charge in [0.05, 0.1) is 32.4 Å². The van der Waals surface area contributed by atoms with Crippen molar-refractivity contribution >= 4 is 23.5 Å². The normalized spacial score (nSPS) is 24.3. The number of hydrogen-bond donors (Lipinski definition) is 4. The second kappa shape index (κ2) is 14.8. The molecule has 1 spiro atoms. The zero-order valence-corrected chi connectivity index (χ0v) is 26.8. The Labute approximate surface area is 272 Å². The first-order valence-electron chi connectivity index (χ1n) is 16.2. The summed E-state index contributed by atoms with van der Waals surface area (Å²) in [5, 5.41) is 19.3. The number of likely N-dealkylation sites (tertiary alicyclic amines) is 1. The van der Waals surface area contributed by atoms with Crippen LogP contribution in [0, 0.1) is 5.41 Å². The Morgan fingerprint density at radius 2 is 1.70 bits per heavy atom. The average Bonchev–Trinajstić information content (AvgIpc) is 3.56. The molecule has 0 bridgehead atoms. The molecule has 3 saturated heterocycles. The maximum atomic E-state index is 13.8. The van der Waals surface area contributed by atoms with Crippen molar-refractivity contribution in [2.45, 2.75) is 88.8 Å². The van der Waals surface area contributed by atoms with Crippen molar-refractivity contribution in [2.24, 2.45) is 5.41 Å². The van der Waals surface area contributed by atoms with Gasteiger partial charge >= 0.3 is 6.61 Å². The minimum absolute atomic E-state index is 0.106. The summed E-state index contributed by atoms with van der Waals surface area (Å²) in [6.07, 6.45) is 5.13. The van der Waals surface area contributed by atoms with Gasteiger partial charge in [0.15, 0.2) is 5.78 Å². The molecule has 4 aliphatic rings. The fourth-order valence-electron chi connectivity index (χ4n) is 6.30. The van der Waals surface area contributed by atoms with Gasteiger partial charge in [-0.2, -0.15) is 8.78 Å². The summed E-state index contributed by atoms with van der Waals surface area (Å²) in [7, 11) is 0. The highest BCUT2D eigenvalue weighted by molar-refractivity contribution is 5.98. The van der Waals surface area contributed by atoms with Crippen LogP contribution >= 0.6 is 0 Å². The maximum Gasteiger partial charge on any atom is 0.387 e. The Bertz CT molecular complexity index is 1340. The number of amides is 3. The van der Waals surface area contributed by atoms with Gasteiger partial charge in [0.25, 0.3) is 0 Å². The molecule has 1 aromatic rings. The van der Waals surface area contributed by atoms with E-state index in [4.69, 9.17) is 9.47 Å². The molecule has 4 N–H and O–H groups in total. The number of allylic oxidation sites excluding steroid dienone is 1. The molecule has 0 radical (unpaired) electrons. The van der Waals surface area contributed by atoms with Gasteiger partial charge in [-0.1, -0.05) is 23.8 Å². The predicted molar refractivity (Wildman–Crippen MR) is 164 cm³/mol. The van der Waals surface area contributed by atoms with E-state index in [0.29, 0.717) is 0 Å². The lowest BCUT2D eigenvalue weighted by Crippen LogP contribution is -2.58. The average molecular weight is 663 g/mol. The molecular formula is C33H44F2N4O8. The molecule has 3 amide bonds. The topological polar surface area (TPSA) is 159 Å². The van der Waals surface area contributed by atoms with E-state index in [0.717, 1.165) is 64.0 Å². The van der Waals surface area contributed by atoms with E-state index in [9.17, 15) is 33.1 Å². The van der Waals surface area contributed by atoms with Gasteiger partial charge in [0.2, 0.25) is 17.7 Å². The number of piperidine rings is 1. The third kappa shape index (κ3) is 8.92. The number of ether oxygens (including phenoxy) is 3. The first-order chi connectivity index (χ1) is 22.4. The van der Waals surface area contributed by atoms with Crippen LogP contribution in [-0.4, -0.2) is 103 Å². The lowest BCUT2D eigenvalue weighted by atomic mass is 9.77. The van der Waals surface area contributed by atoms with Crippen LogP contribution in [0.15, 0.2) is 35.9 Å². The highest BCUT2D eigenvalue weighted by atomic mass is 19.3. The molecule has 3 heterocycles. The molecule has 0 saturated carbocycles. The van der Waals surface area contributed by atoms with Crippen LogP contribution in [0.5, 0.6) is 5.75 Å². The molecule has 0 unspecified atom stereocenters. The zero-order chi connectivity index (χ0) is 33.8. The van der Waals surface area contributed by atoms with E-state index >= 15 is 0 Å². The van der Waals surface area contributed by atoms with Crippen LogP contribution in [0.2, 0.25) is 0 Å². The number of ketones is 1. The van der Waals surface area contributed by atoms with Crippen molar-refractivity contribution in [2.75, 3.05) is 39.5 Å². The van der Waals surface area contributed by atoms with Gasteiger partial charge in [-0.25, -0.2) is 0 Å². The summed E-state index contributed by atoms with van der Waals surface area (Å²) in [5.41, 5.74) is 0.328. The molecule has 5 rings (SSSR count). The van der Waals surface area contributed by atoms with E-state index in [-0.39, 0.29) is 48.0 Å². The quantitative estimate of drug-likeness (QED) is 0.162. The molecular weight excluding hydrogens is 618 g/mol. The van der Waals surface area contributed by atoms with Crippen molar-refractivity contribution in [3.8, 4) is 5.75 Å². The Morgan fingerprint density at radius 1 is 1.02 bits per heavy atom. The highest BCUT2D eigenvalue weighted by Gasteiger charge is 2.50. The van der Waals surface area contributed by atoms with E-state index in [2.05, 4.69) is 20.7 Å². The Balaban J connectivity index is 1.26. The summed E-state index contributed by atoms with van der Waals surface area (Å²) in [6, 6.07) is 1.35. The summed E-state index contributed by atoms with van der Waals surface area (Å²) in [5.74, 6) is -2.41. The molecule has 3 fully saturated rings. The van der Waals surface area contributed by atoms with Crippen LogP contribution < -0.4 is 20.7 Å². The van der Waals surface area contributed by atoms with Gasteiger partial charge in [0.1, 0.15) is 29.5 Å². The van der Waals surface area contributed by atoms with Crippen LogP contribution in [-0.2, 0) is 28.7 Å². The van der Waals surface area contributed by atoms with Crippen molar-refractivity contribution in [1.29, 1.82) is 0 Å². The number of alkyl halides is 2. The standard InChI is InChI=1S/C33H44F2N4O8/c1-20(36-25(40)16-39-13-11-33(12-14-39)18-45-19-33)29(43)38-26(27(41)22-7-9-23(10-8-22)47-31(34)35)30(44)37-24(15-21-5-3-4-6-21)28(42)32(2)17-46-32/h5,7-10,20,24,26-27,31,41H,3-4,6,11-19H2,1-2H3,(H,36,40)(H,37,44)(H,38,43)/t20-,24-,26-,27+,32+/m0/s1. The molecule has 5 atom stereocenters. The maximum absolute atomic E-state index is 13.8. The third-order valence-electron chi connectivity index (χ3n) is 9.55. The second-order valence-electron chi connectivity index (χ2n) is 13.3.